The molecule has 0 fully saturated rings. The maximum absolute atomic E-state index is 14.5. The largest absolute Gasteiger partial charge is 0.381 e. The van der Waals surface area contributed by atoms with Gasteiger partial charge in [0.05, 0.1) is 42.1 Å². The fourth-order valence-corrected chi connectivity index (χ4v) is 7.49. The van der Waals surface area contributed by atoms with E-state index in [1.807, 2.05) is 85.5 Å². The number of carbonyl (C=O) groups is 2. The topological polar surface area (TPSA) is 119 Å². The summed E-state index contributed by atoms with van der Waals surface area (Å²) in [5.41, 5.74) is 10.8. The number of nitrogens with zero attached hydrogens (tertiary/aromatic N) is 7. The van der Waals surface area contributed by atoms with Gasteiger partial charge < -0.3 is 15.5 Å². The zero-order chi connectivity index (χ0) is 40.3. The molecule has 292 valence electrons. The Morgan fingerprint density at radius 1 is 0.793 bits per heavy atom. The number of carbonyl (C=O) groups excluding carboxylic acids is 2. The number of benzodiazepines with no additional fused rings is 1. The Kier molecular flexibility index (Phi) is 10.7. The lowest BCUT2D eigenvalue weighted by molar-refractivity contribution is -0.120. The molecule has 1 atom stereocenters. The molecule has 2 aliphatic heterocycles. The van der Waals surface area contributed by atoms with Crippen LogP contribution in [-0.2, 0) is 24.4 Å². The van der Waals surface area contributed by atoms with Gasteiger partial charge in [-0.2, -0.15) is 4.98 Å². The van der Waals surface area contributed by atoms with Crippen LogP contribution in [-0.4, -0.2) is 45.7 Å². The van der Waals surface area contributed by atoms with E-state index in [4.69, 9.17) is 4.99 Å². The van der Waals surface area contributed by atoms with Gasteiger partial charge in [-0.3, -0.25) is 24.6 Å². The van der Waals surface area contributed by atoms with Crippen LogP contribution in [0.1, 0.15) is 59.3 Å². The van der Waals surface area contributed by atoms with Gasteiger partial charge in [-0.05, 0) is 73.2 Å². The number of anilines is 6. The fraction of sp³-hybridized carbons (Fsp3) is 0.234. The highest BCUT2D eigenvalue weighted by atomic mass is 16.2. The lowest BCUT2D eigenvalue weighted by Gasteiger charge is -2.35. The maximum atomic E-state index is 14.5. The lowest BCUT2D eigenvalue weighted by Crippen LogP contribution is -2.46. The minimum atomic E-state index is -0.510. The number of nitrogens with one attached hydrogen (secondary N) is 2. The van der Waals surface area contributed by atoms with Crippen LogP contribution in [0.5, 0.6) is 0 Å². The number of aliphatic imine (C=N–C) groups is 1. The number of aryl methyl sites for hydroxylation is 2. The SMILES string of the molecule is Cc1ccc(Nc2ncc3c(n2)N(C)C(=O)N(c2cc(NCc4ccc5c(c4)N(Cc4ccccc4)C(=O)[C@H](CC(C)C)N=C5c4ccccc4)ccc2C)C3)cn1. The Labute approximate surface area is 339 Å². The number of fused-ring (bicyclic) bond motifs is 2. The van der Waals surface area contributed by atoms with Gasteiger partial charge in [-0.25, -0.2) is 9.78 Å². The molecule has 0 saturated carbocycles. The third-order valence-corrected chi connectivity index (χ3v) is 10.5. The Morgan fingerprint density at radius 2 is 1.55 bits per heavy atom. The number of amides is 3. The first-order valence-corrected chi connectivity index (χ1v) is 19.7. The van der Waals surface area contributed by atoms with Crippen molar-refractivity contribution in [1.82, 2.24) is 15.0 Å². The van der Waals surface area contributed by atoms with Crippen LogP contribution >= 0.6 is 0 Å². The van der Waals surface area contributed by atoms with Crippen molar-refractivity contribution in [2.75, 3.05) is 32.4 Å². The molecule has 0 bridgehead atoms. The van der Waals surface area contributed by atoms with E-state index in [0.29, 0.717) is 37.8 Å². The van der Waals surface area contributed by atoms with Gasteiger partial charge >= 0.3 is 6.03 Å². The van der Waals surface area contributed by atoms with E-state index in [1.165, 1.54) is 0 Å². The minimum absolute atomic E-state index is 0.00258. The lowest BCUT2D eigenvalue weighted by atomic mass is 9.98. The average molecular weight is 770 g/mol. The van der Waals surface area contributed by atoms with E-state index in [-0.39, 0.29) is 17.9 Å². The van der Waals surface area contributed by atoms with Crippen LogP contribution in [0.15, 0.2) is 127 Å². The number of pyridine rings is 1. The normalized spacial score (nSPS) is 15.2. The smallest absolute Gasteiger partial charge is 0.330 e. The predicted molar refractivity (Wildman–Crippen MR) is 232 cm³/mol. The van der Waals surface area contributed by atoms with Crippen molar-refractivity contribution in [2.24, 2.45) is 10.9 Å². The molecule has 6 aromatic rings. The first-order valence-electron chi connectivity index (χ1n) is 19.7. The van der Waals surface area contributed by atoms with Gasteiger partial charge in [0, 0.05) is 47.9 Å². The molecule has 2 aliphatic rings. The molecule has 58 heavy (non-hydrogen) atoms. The summed E-state index contributed by atoms with van der Waals surface area (Å²) in [5, 5.41) is 6.79. The highest BCUT2D eigenvalue weighted by molar-refractivity contribution is 6.20. The fourth-order valence-electron chi connectivity index (χ4n) is 7.49. The number of aromatic nitrogens is 3. The molecular weight excluding hydrogens is 723 g/mol. The highest BCUT2D eigenvalue weighted by Crippen LogP contribution is 2.35. The average Bonchev–Trinajstić information content (AvgIpc) is 3.34. The molecule has 0 radical (unpaired) electrons. The van der Waals surface area contributed by atoms with Crippen LogP contribution in [0.3, 0.4) is 0 Å². The second-order valence-electron chi connectivity index (χ2n) is 15.4. The van der Waals surface area contributed by atoms with E-state index in [0.717, 1.165) is 67.5 Å². The van der Waals surface area contributed by atoms with Gasteiger partial charge in [0.2, 0.25) is 5.95 Å². The summed E-state index contributed by atoms with van der Waals surface area (Å²) >= 11 is 0. The summed E-state index contributed by atoms with van der Waals surface area (Å²) in [6.45, 7) is 9.46. The third-order valence-electron chi connectivity index (χ3n) is 10.5. The van der Waals surface area contributed by atoms with Gasteiger partial charge in [0.1, 0.15) is 11.9 Å². The predicted octanol–water partition coefficient (Wildman–Crippen LogP) is 9.22. The Morgan fingerprint density at radius 3 is 2.29 bits per heavy atom. The molecule has 0 spiro atoms. The minimum Gasteiger partial charge on any atom is -0.381 e. The van der Waals surface area contributed by atoms with Crippen molar-refractivity contribution >= 4 is 52.2 Å². The van der Waals surface area contributed by atoms with Crippen LogP contribution in [0.2, 0.25) is 0 Å². The van der Waals surface area contributed by atoms with Crippen molar-refractivity contribution in [1.29, 1.82) is 0 Å². The van der Waals surface area contributed by atoms with E-state index in [9.17, 15) is 9.59 Å². The van der Waals surface area contributed by atoms with Crippen molar-refractivity contribution in [2.45, 2.75) is 59.8 Å². The summed E-state index contributed by atoms with van der Waals surface area (Å²) < 4.78 is 0. The molecule has 2 N–H and O–H groups in total. The molecule has 0 aliphatic carbocycles. The van der Waals surface area contributed by atoms with Crippen molar-refractivity contribution < 1.29 is 9.59 Å². The van der Waals surface area contributed by atoms with E-state index >= 15 is 0 Å². The summed E-state index contributed by atoms with van der Waals surface area (Å²) in [7, 11) is 1.73. The maximum Gasteiger partial charge on any atom is 0.330 e. The summed E-state index contributed by atoms with van der Waals surface area (Å²) in [4.78, 5) is 52.4. The number of hydrogen-bond donors (Lipinski definition) is 2. The summed E-state index contributed by atoms with van der Waals surface area (Å²) in [6.07, 6.45) is 4.14. The van der Waals surface area contributed by atoms with E-state index in [2.05, 4.69) is 81.9 Å². The number of benzene rings is 4. The zero-order valence-corrected chi connectivity index (χ0v) is 33.5. The quantitative estimate of drug-likeness (QED) is 0.135. The van der Waals surface area contributed by atoms with E-state index in [1.54, 1.807) is 29.2 Å². The van der Waals surface area contributed by atoms with Gasteiger partial charge in [0.25, 0.3) is 5.91 Å². The van der Waals surface area contributed by atoms with Crippen molar-refractivity contribution in [3.63, 3.8) is 0 Å². The second-order valence-corrected chi connectivity index (χ2v) is 15.4. The summed E-state index contributed by atoms with van der Waals surface area (Å²) in [5.74, 6) is 1.24. The highest BCUT2D eigenvalue weighted by Gasteiger charge is 2.34. The van der Waals surface area contributed by atoms with Gasteiger partial charge in [0.15, 0.2) is 0 Å². The molecule has 2 aromatic heterocycles. The molecule has 0 saturated heterocycles. The molecule has 0 unspecified atom stereocenters. The van der Waals surface area contributed by atoms with Gasteiger partial charge in [-0.1, -0.05) is 92.7 Å². The van der Waals surface area contributed by atoms with Crippen LogP contribution in [0, 0.1) is 19.8 Å². The molecular formula is C47H47N9O2. The van der Waals surface area contributed by atoms with Gasteiger partial charge in [-0.15, -0.1) is 0 Å². The molecule has 8 rings (SSSR count). The second kappa shape index (κ2) is 16.3. The number of rotatable bonds is 11. The van der Waals surface area contributed by atoms with E-state index < -0.39 is 6.04 Å². The molecule has 4 heterocycles. The number of urea groups is 1. The zero-order valence-electron chi connectivity index (χ0n) is 33.5. The van der Waals surface area contributed by atoms with Crippen molar-refractivity contribution in [3.8, 4) is 0 Å². The standard InChI is InChI=1S/C47H47N9O2/c1-30(2)22-40-45(57)55(28-33-12-8-6-9-13-33)42-23-34(18-21-39(42)43(52-40)35-14-10-7-11-15-35)25-49-37-19-16-31(3)41(24-37)56-29-36-26-50-46(53-44(36)54(5)47(56)58)51-38-20-17-32(4)48-27-38/h6-21,23-24,26-27,30,40,49H,22,25,28-29H2,1-5H3,(H,50,51,53)/t40-/m0/s1. The molecule has 3 amide bonds. The molecule has 4 aromatic carbocycles. The Hall–Kier alpha value is -6.88. The monoisotopic (exact) mass is 769 g/mol. The number of hydrogen-bond acceptors (Lipinski definition) is 8. The summed E-state index contributed by atoms with van der Waals surface area (Å²) in [6, 6.07) is 35.8. The first-order chi connectivity index (χ1) is 28.1. The Balaban J connectivity index is 1.07. The molecule has 11 heteroatoms. The van der Waals surface area contributed by atoms with Crippen molar-refractivity contribution in [3.05, 3.63) is 161 Å². The van der Waals surface area contributed by atoms with Crippen LogP contribution in [0.25, 0.3) is 0 Å². The molecule has 11 nitrogen and oxygen atoms in total. The Bertz CT molecular complexity index is 2490. The van der Waals surface area contributed by atoms with Crippen LogP contribution in [0.4, 0.5) is 39.3 Å². The van der Waals surface area contributed by atoms with Crippen LogP contribution < -0.4 is 25.3 Å². The third kappa shape index (κ3) is 8.02. The first kappa shape index (κ1) is 38.0.